The predicted molar refractivity (Wildman–Crippen MR) is 69.0 cm³/mol. The first-order valence-electron chi connectivity index (χ1n) is 6.22. The van der Waals surface area contributed by atoms with Crippen molar-refractivity contribution in [3.8, 4) is 5.75 Å². The molecule has 1 aliphatic rings. The fourth-order valence-electron chi connectivity index (χ4n) is 2.24. The Balaban J connectivity index is 1.88. The van der Waals surface area contributed by atoms with E-state index < -0.39 is 0 Å². The Morgan fingerprint density at radius 1 is 1.22 bits per heavy atom. The summed E-state index contributed by atoms with van der Waals surface area (Å²) < 4.78 is 11.2. The van der Waals surface area contributed by atoms with E-state index in [1.54, 1.807) is 12.1 Å². The number of ether oxygens (including phenoxy) is 1. The molecule has 1 aromatic heterocycles. The first kappa shape index (κ1) is 11.3. The van der Waals surface area contributed by atoms with Gasteiger partial charge in [-0.2, -0.15) is 0 Å². The van der Waals surface area contributed by atoms with Gasteiger partial charge in [0.25, 0.3) is 0 Å². The van der Waals surface area contributed by atoms with Gasteiger partial charge in [0.2, 0.25) is 0 Å². The molecule has 4 heteroatoms. The molecule has 4 nitrogen and oxygen atoms in total. The van der Waals surface area contributed by atoms with Crippen LogP contribution in [-0.4, -0.2) is 19.2 Å². The molecule has 18 heavy (non-hydrogen) atoms. The van der Waals surface area contributed by atoms with E-state index in [1.807, 2.05) is 6.07 Å². The summed E-state index contributed by atoms with van der Waals surface area (Å²) in [7, 11) is 0. The Morgan fingerprint density at radius 2 is 2.06 bits per heavy atom. The van der Waals surface area contributed by atoms with Crippen molar-refractivity contribution < 1.29 is 9.15 Å². The number of rotatable bonds is 2. The van der Waals surface area contributed by atoms with Gasteiger partial charge < -0.3 is 14.5 Å². The summed E-state index contributed by atoms with van der Waals surface area (Å²) in [6, 6.07) is 6.83. The molecule has 2 aromatic rings. The van der Waals surface area contributed by atoms with E-state index >= 15 is 0 Å². The van der Waals surface area contributed by atoms with E-state index in [2.05, 4.69) is 5.32 Å². The summed E-state index contributed by atoms with van der Waals surface area (Å²) >= 11 is 0. The quantitative estimate of drug-likeness (QED) is 0.878. The van der Waals surface area contributed by atoms with E-state index in [0.717, 1.165) is 31.7 Å². The minimum atomic E-state index is -0.0352. The van der Waals surface area contributed by atoms with Crippen molar-refractivity contribution >= 4 is 11.0 Å². The highest BCUT2D eigenvalue weighted by Crippen LogP contribution is 2.21. The smallest absolute Gasteiger partial charge is 0.192 e. The summed E-state index contributed by atoms with van der Waals surface area (Å²) in [5, 5.41) is 3.87. The molecule has 94 valence electrons. The molecule has 0 saturated carbocycles. The van der Waals surface area contributed by atoms with Crippen molar-refractivity contribution in [2.45, 2.75) is 18.9 Å². The number of fused-ring (bicyclic) bond motifs is 1. The van der Waals surface area contributed by atoms with E-state index in [9.17, 15) is 4.79 Å². The summed E-state index contributed by atoms with van der Waals surface area (Å²) in [6.45, 7) is 1.97. The van der Waals surface area contributed by atoms with Gasteiger partial charge >= 0.3 is 0 Å². The largest absolute Gasteiger partial charge is 0.490 e. The van der Waals surface area contributed by atoms with Crippen molar-refractivity contribution in [3.05, 3.63) is 40.8 Å². The van der Waals surface area contributed by atoms with Gasteiger partial charge in [0.1, 0.15) is 17.4 Å². The average molecular weight is 245 g/mol. The van der Waals surface area contributed by atoms with E-state index in [1.165, 1.54) is 12.3 Å². The minimum absolute atomic E-state index is 0.0352. The van der Waals surface area contributed by atoms with Gasteiger partial charge in [-0.1, -0.05) is 0 Å². The molecule has 0 aliphatic carbocycles. The lowest BCUT2D eigenvalue weighted by Crippen LogP contribution is -2.34. The van der Waals surface area contributed by atoms with Crippen LogP contribution in [0.5, 0.6) is 5.75 Å². The molecule has 1 fully saturated rings. The first-order valence-corrected chi connectivity index (χ1v) is 6.22. The zero-order valence-electron chi connectivity index (χ0n) is 10.0. The summed E-state index contributed by atoms with van der Waals surface area (Å²) in [5.41, 5.74) is 0.562. The highest BCUT2D eigenvalue weighted by molar-refractivity contribution is 5.77. The SMILES string of the molecule is O=c1ccoc2ccc(OC3CCNCC3)cc12. The fourth-order valence-corrected chi connectivity index (χ4v) is 2.24. The van der Waals surface area contributed by atoms with Crippen LogP contribution in [0.3, 0.4) is 0 Å². The van der Waals surface area contributed by atoms with Crippen molar-refractivity contribution in [1.82, 2.24) is 5.32 Å². The highest BCUT2D eigenvalue weighted by atomic mass is 16.5. The summed E-state index contributed by atoms with van der Waals surface area (Å²) in [6.07, 6.45) is 3.65. The van der Waals surface area contributed by atoms with Crippen LogP contribution in [0.15, 0.2) is 39.7 Å². The molecule has 1 saturated heterocycles. The Morgan fingerprint density at radius 3 is 2.89 bits per heavy atom. The summed E-state index contributed by atoms with van der Waals surface area (Å²) in [5.74, 6) is 0.743. The molecule has 0 radical (unpaired) electrons. The Hall–Kier alpha value is -1.81. The zero-order valence-corrected chi connectivity index (χ0v) is 10.0. The molecule has 0 unspecified atom stereocenters. The predicted octanol–water partition coefficient (Wildman–Crippen LogP) is 1.92. The van der Waals surface area contributed by atoms with Crippen LogP contribution in [-0.2, 0) is 0 Å². The molecule has 0 atom stereocenters. The third-order valence-corrected chi connectivity index (χ3v) is 3.22. The molecule has 1 aliphatic heterocycles. The molecule has 1 aromatic carbocycles. The second kappa shape index (κ2) is 4.82. The Labute approximate surface area is 105 Å². The topological polar surface area (TPSA) is 51.5 Å². The monoisotopic (exact) mass is 245 g/mol. The van der Waals surface area contributed by atoms with Gasteiger partial charge in [0, 0.05) is 6.07 Å². The normalized spacial score (nSPS) is 16.9. The van der Waals surface area contributed by atoms with E-state index in [4.69, 9.17) is 9.15 Å². The molecule has 0 amide bonds. The third kappa shape index (κ3) is 2.24. The second-order valence-corrected chi connectivity index (χ2v) is 4.51. The second-order valence-electron chi connectivity index (χ2n) is 4.51. The molecular weight excluding hydrogens is 230 g/mol. The molecule has 0 bridgehead atoms. The molecular formula is C14H15NO3. The van der Waals surface area contributed by atoms with Crippen LogP contribution in [0.25, 0.3) is 11.0 Å². The molecule has 3 rings (SSSR count). The van der Waals surface area contributed by atoms with E-state index in [0.29, 0.717) is 11.0 Å². The maximum absolute atomic E-state index is 11.7. The first-order chi connectivity index (χ1) is 8.83. The Kier molecular flexibility index (Phi) is 3.02. The standard InChI is InChI=1S/C14H15NO3/c16-13-5-8-17-14-2-1-11(9-12(13)14)18-10-3-6-15-7-4-10/h1-2,5,8-10,15H,3-4,6-7H2. The summed E-state index contributed by atoms with van der Waals surface area (Å²) in [4.78, 5) is 11.7. The van der Waals surface area contributed by atoms with Crippen LogP contribution in [0, 0.1) is 0 Å². The maximum atomic E-state index is 11.7. The van der Waals surface area contributed by atoms with Gasteiger partial charge in [-0.15, -0.1) is 0 Å². The maximum Gasteiger partial charge on any atom is 0.192 e. The number of nitrogens with one attached hydrogen (secondary N) is 1. The highest BCUT2D eigenvalue weighted by Gasteiger charge is 2.14. The van der Waals surface area contributed by atoms with Gasteiger partial charge in [0.15, 0.2) is 5.43 Å². The lowest BCUT2D eigenvalue weighted by molar-refractivity contribution is 0.162. The van der Waals surface area contributed by atoms with E-state index in [-0.39, 0.29) is 11.5 Å². The number of benzene rings is 1. The molecule has 2 heterocycles. The Bertz CT molecular complexity index is 599. The van der Waals surface area contributed by atoms with Crippen molar-refractivity contribution in [3.63, 3.8) is 0 Å². The minimum Gasteiger partial charge on any atom is -0.490 e. The fraction of sp³-hybridized carbons (Fsp3) is 0.357. The van der Waals surface area contributed by atoms with Crippen molar-refractivity contribution in [2.24, 2.45) is 0 Å². The molecule has 0 spiro atoms. The lowest BCUT2D eigenvalue weighted by atomic mass is 10.1. The number of hydrogen-bond donors (Lipinski definition) is 1. The lowest BCUT2D eigenvalue weighted by Gasteiger charge is -2.23. The van der Waals surface area contributed by atoms with Crippen LogP contribution >= 0.6 is 0 Å². The van der Waals surface area contributed by atoms with Gasteiger partial charge in [0.05, 0.1) is 11.6 Å². The van der Waals surface area contributed by atoms with Crippen LogP contribution < -0.4 is 15.5 Å². The number of piperidine rings is 1. The van der Waals surface area contributed by atoms with Gasteiger partial charge in [-0.3, -0.25) is 4.79 Å². The van der Waals surface area contributed by atoms with Crippen molar-refractivity contribution in [1.29, 1.82) is 0 Å². The van der Waals surface area contributed by atoms with Crippen LogP contribution in [0.4, 0.5) is 0 Å². The average Bonchev–Trinajstić information content (AvgIpc) is 2.41. The third-order valence-electron chi connectivity index (χ3n) is 3.22. The van der Waals surface area contributed by atoms with Crippen LogP contribution in [0.2, 0.25) is 0 Å². The molecule has 1 N–H and O–H groups in total. The zero-order chi connectivity index (χ0) is 12.4. The van der Waals surface area contributed by atoms with Gasteiger partial charge in [-0.25, -0.2) is 0 Å². The number of hydrogen-bond acceptors (Lipinski definition) is 4. The van der Waals surface area contributed by atoms with Crippen molar-refractivity contribution in [2.75, 3.05) is 13.1 Å². The van der Waals surface area contributed by atoms with Gasteiger partial charge in [-0.05, 0) is 44.1 Å². The van der Waals surface area contributed by atoms with Crippen LogP contribution in [0.1, 0.15) is 12.8 Å².